The molecule has 16 heavy (non-hydrogen) atoms. The van der Waals surface area contributed by atoms with Crippen molar-refractivity contribution in [1.82, 2.24) is 0 Å². The molecule has 0 aromatic heterocycles. The van der Waals surface area contributed by atoms with Crippen molar-refractivity contribution in [1.29, 1.82) is 0 Å². The molecule has 0 aliphatic heterocycles. The molecular weight excluding hydrogens is 202 g/mol. The van der Waals surface area contributed by atoms with Gasteiger partial charge in [-0.2, -0.15) is 0 Å². The van der Waals surface area contributed by atoms with Crippen LogP contribution in [-0.2, 0) is 0 Å². The van der Waals surface area contributed by atoms with Crippen LogP contribution in [-0.4, -0.2) is 0 Å². The summed E-state index contributed by atoms with van der Waals surface area (Å²) in [6.45, 7) is 0. The summed E-state index contributed by atoms with van der Waals surface area (Å²) in [5.41, 5.74) is 8.82. The molecule has 2 rings (SSSR count). The van der Waals surface area contributed by atoms with Crippen LogP contribution < -0.4 is 4.74 Å². The minimum absolute atomic E-state index is 0.572. The first kappa shape index (κ1) is 10.1. The monoisotopic (exact) mass is 211 g/mol. The van der Waals surface area contributed by atoms with Crippen molar-refractivity contribution in [2.24, 2.45) is 5.11 Å². The van der Waals surface area contributed by atoms with Gasteiger partial charge in [0.15, 0.2) is 0 Å². The van der Waals surface area contributed by atoms with Crippen LogP contribution >= 0.6 is 0 Å². The van der Waals surface area contributed by atoms with Crippen LogP contribution in [0.15, 0.2) is 59.7 Å². The second-order valence-electron chi connectivity index (χ2n) is 3.10. The van der Waals surface area contributed by atoms with E-state index in [0.29, 0.717) is 11.4 Å². The Morgan fingerprint density at radius 2 is 1.50 bits per heavy atom. The summed E-state index contributed by atoms with van der Waals surface area (Å²) < 4.78 is 5.58. The number of ether oxygens (including phenoxy) is 1. The molecule has 0 saturated carbocycles. The molecule has 0 aliphatic carbocycles. The molecule has 0 aliphatic rings. The minimum Gasteiger partial charge on any atom is -0.457 e. The first-order valence-electron chi connectivity index (χ1n) is 4.76. The zero-order chi connectivity index (χ0) is 11.2. The van der Waals surface area contributed by atoms with Crippen LogP contribution in [0.3, 0.4) is 0 Å². The first-order valence-corrected chi connectivity index (χ1v) is 4.76. The Hall–Kier alpha value is -2.45. The number of hydrogen-bond donors (Lipinski definition) is 0. The van der Waals surface area contributed by atoms with Crippen molar-refractivity contribution >= 4 is 5.69 Å². The molecule has 0 saturated heterocycles. The molecule has 0 atom stereocenters. The third-order valence-corrected chi connectivity index (χ3v) is 1.98. The van der Waals surface area contributed by atoms with Crippen LogP contribution in [0.4, 0.5) is 5.69 Å². The van der Waals surface area contributed by atoms with Crippen LogP contribution in [0, 0.1) is 0 Å². The van der Waals surface area contributed by atoms with E-state index in [-0.39, 0.29) is 0 Å². The van der Waals surface area contributed by atoms with Gasteiger partial charge in [0.1, 0.15) is 11.5 Å². The van der Waals surface area contributed by atoms with Gasteiger partial charge in [-0.1, -0.05) is 23.3 Å². The normalized spacial score (nSPS) is 9.25. The quantitative estimate of drug-likeness (QED) is 0.421. The fourth-order valence-electron chi connectivity index (χ4n) is 1.26. The fraction of sp³-hybridized carbons (Fsp3) is 0. The SMILES string of the molecule is [N-]=[N+]=Nc1ccc(Oc2ccccc2)cc1. The first-order chi connectivity index (χ1) is 7.88. The Labute approximate surface area is 92.7 Å². The molecule has 0 N–H and O–H groups in total. The van der Waals surface area contributed by atoms with E-state index in [9.17, 15) is 0 Å². The molecule has 0 radical (unpaired) electrons. The summed E-state index contributed by atoms with van der Waals surface area (Å²) in [6.07, 6.45) is 0. The van der Waals surface area contributed by atoms with Crippen molar-refractivity contribution in [2.75, 3.05) is 0 Å². The van der Waals surface area contributed by atoms with Crippen molar-refractivity contribution in [2.45, 2.75) is 0 Å². The van der Waals surface area contributed by atoms with Gasteiger partial charge in [-0.25, -0.2) is 0 Å². The predicted octanol–water partition coefficient (Wildman–Crippen LogP) is 4.42. The van der Waals surface area contributed by atoms with Crippen LogP contribution in [0.1, 0.15) is 0 Å². The summed E-state index contributed by atoms with van der Waals surface area (Å²) in [5.74, 6) is 1.49. The molecule has 0 bridgehead atoms. The number of para-hydroxylation sites is 1. The van der Waals surface area contributed by atoms with E-state index in [1.165, 1.54) is 0 Å². The molecule has 2 aromatic carbocycles. The van der Waals surface area contributed by atoms with E-state index >= 15 is 0 Å². The average molecular weight is 211 g/mol. The van der Waals surface area contributed by atoms with Gasteiger partial charge in [-0.05, 0) is 41.9 Å². The van der Waals surface area contributed by atoms with Gasteiger partial charge < -0.3 is 4.74 Å². The fourth-order valence-corrected chi connectivity index (χ4v) is 1.26. The highest BCUT2D eigenvalue weighted by atomic mass is 16.5. The van der Waals surface area contributed by atoms with Crippen LogP contribution in [0.2, 0.25) is 0 Å². The highest BCUT2D eigenvalue weighted by molar-refractivity contribution is 5.42. The maximum Gasteiger partial charge on any atom is 0.127 e. The van der Waals surface area contributed by atoms with Gasteiger partial charge >= 0.3 is 0 Å². The van der Waals surface area contributed by atoms with Crippen molar-refractivity contribution in [3.63, 3.8) is 0 Å². The predicted molar refractivity (Wildman–Crippen MR) is 61.8 cm³/mol. The maximum absolute atomic E-state index is 8.25. The molecular formula is C12H9N3O. The van der Waals surface area contributed by atoms with Gasteiger partial charge in [-0.3, -0.25) is 0 Å². The second-order valence-corrected chi connectivity index (χ2v) is 3.10. The summed E-state index contributed by atoms with van der Waals surface area (Å²) in [6, 6.07) is 16.4. The van der Waals surface area contributed by atoms with Crippen molar-refractivity contribution in [3.05, 3.63) is 65.0 Å². The number of rotatable bonds is 3. The molecule has 4 nitrogen and oxygen atoms in total. The number of azide groups is 1. The molecule has 0 unspecified atom stereocenters. The average Bonchev–Trinajstić information content (AvgIpc) is 2.33. The molecule has 4 heteroatoms. The van der Waals surface area contributed by atoms with Gasteiger partial charge in [0.25, 0.3) is 0 Å². The van der Waals surface area contributed by atoms with E-state index in [2.05, 4.69) is 10.0 Å². The number of hydrogen-bond acceptors (Lipinski definition) is 2. The maximum atomic E-state index is 8.25. The Kier molecular flexibility index (Phi) is 3.07. The highest BCUT2D eigenvalue weighted by Gasteiger charge is 1.95. The summed E-state index contributed by atoms with van der Waals surface area (Å²) >= 11 is 0. The molecule has 0 spiro atoms. The van der Waals surface area contributed by atoms with Gasteiger partial charge in [0.05, 0.1) is 0 Å². The summed E-state index contributed by atoms with van der Waals surface area (Å²) in [5, 5.41) is 3.48. The van der Waals surface area contributed by atoms with Crippen LogP contribution in [0.25, 0.3) is 10.4 Å². The second kappa shape index (κ2) is 4.87. The highest BCUT2D eigenvalue weighted by Crippen LogP contribution is 2.23. The molecule has 0 amide bonds. The van der Waals surface area contributed by atoms with Gasteiger partial charge in [0, 0.05) is 10.6 Å². The van der Waals surface area contributed by atoms with Gasteiger partial charge in [-0.15, -0.1) is 0 Å². The molecule has 0 heterocycles. The van der Waals surface area contributed by atoms with E-state index in [1.54, 1.807) is 24.3 Å². The number of benzene rings is 2. The Morgan fingerprint density at radius 1 is 0.875 bits per heavy atom. The number of nitrogens with zero attached hydrogens (tertiary/aromatic N) is 3. The van der Waals surface area contributed by atoms with E-state index in [0.717, 1.165) is 5.75 Å². The van der Waals surface area contributed by atoms with Crippen LogP contribution in [0.5, 0.6) is 11.5 Å². The Morgan fingerprint density at radius 3 is 2.12 bits per heavy atom. The third-order valence-electron chi connectivity index (χ3n) is 1.98. The Bertz CT molecular complexity index is 502. The summed E-state index contributed by atoms with van der Waals surface area (Å²) in [7, 11) is 0. The minimum atomic E-state index is 0.572. The zero-order valence-electron chi connectivity index (χ0n) is 8.45. The van der Waals surface area contributed by atoms with E-state index in [4.69, 9.17) is 10.3 Å². The molecule has 0 fully saturated rings. The third kappa shape index (κ3) is 2.53. The van der Waals surface area contributed by atoms with E-state index in [1.807, 2.05) is 30.3 Å². The lowest BCUT2D eigenvalue weighted by molar-refractivity contribution is 0.483. The van der Waals surface area contributed by atoms with E-state index < -0.39 is 0 Å². The largest absolute Gasteiger partial charge is 0.457 e. The standard InChI is InChI=1S/C12H9N3O/c13-15-14-10-6-8-12(9-7-10)16-11-4-2-1-3-5-11/h1-9H. The summed E-state index contributed by atoms with van der Waals surface area (Å²) in [4.78, 5) is 2.70. The smallest absolute Gasteiger partial charge is 0.127 e. The lowest BCUT2D eigenvalue weighted by atomic mass is 10.3. The van der Waals surface area contributed by atoms with Crippen molar-refractivity contribution in [3.8, 4) is 11.5 Å². The van der Waals surface area contributed by atoms with Gasteiger partial charge in [0.2, 0.25) is 0 Å². The lowest BCUT2D eigenvalue weighted by Crippen LogP contribution is -1.81. The lowest BCUT2D eigenvalue weighted by Gasteiger charge is -2.04. The van der Waals surface area contributed by atoms with Crippen molar-refractivity contribution < 1.29 is 4.74 Å². The Balaban J connectivity index is 2.14. The topological polar surface area (TPSA) is 58.0 Å². The molecule has 78 valence electrons. The zero-order valence-corrected chi connectivity index (χ0v) is 8.45. The molecule has 2 aromatic rings.